The van der Waals surface area contributed by atoms with Gasteiger partial charge < -0.3 is 15.0 Å². The minimum atomic E-state index is -0.307. The van der Waals surface area contributed by atoms with E-state index in [2.05, 4.69) is 11.4 Å². The Kier molecular flexibility index (Phi) is 2.91. The number of carbonyl (C=O) groups is 1. The SMILES string of the molecule is O=C(C1Cc2ccccc2O1)N1CCC2NCCC2C1. The van der Waals surface area contributed by atoms with Crippen molar-refractivity contribution in [1.29, 1.82) is 0 Å². The predicted octanol–water partition coefficient (Wildman–Crippen LogP) is 1.20. The van der Waals surface area contributed by atoms with Crippen molar-refractivity contribution in [2.24, 2.45) is 5.92 Å². The number of benzene rings is 1. The Morgan fingerprint density at radius 1 is 1.30 bits per heavy atom. The van der Waals surface area contributed by atoms with Crippen molar-refractivity contribution in [1.82, 2.24) is 10.2 Å². The first-order valence-corrected chi connectivity index (χ1v) is 7.58. The number of rotatable bonds is 1. The van der Waals surface area contributed by atoms with Crippen LogP contribution in [-0.4, -0.2) is 42.6 Å². The first kappa shape index (κ1) is 12.2. The monoisotopic (exact) mass is 272 g/mol. The number of nitrogens with one attached hydrogen (secondary N) is 1. The lowest BCUT2D eigenvalue weighted by molar-refractivity contribution is -0.139. The zero-order valence-electron chi connectivity index (χ0n) is 11.5. The lowest BCUT2D eigenvalue weighted by atomic mass is 9.93. The molecule has 3 aliphatic heterocycles. The standard InChI is InChI=1S/C16H20N2O2/c19-16(15-9-11-3-1-2-4-14(11)20-15)18-8-6-13-12(10-18)5-7-17-13/h1-4,12-13,15,17H,5-10H2. The molecule has 1 amide bonds. The molecule has 2 saturated heterocycles. The number of hydrogen-bond acceptors (Lipinski definition) is 3. The number of hydrogen-bond donors (Lipinski definition) is 1. The molecule has 1 aromatic rings. The van der Waals surface area contributed by atoms with Crippen molar-refractivity contribution in [3.8, 4) is 5.75 Å². The van der Waals surface area contributed by atoms with Crippen LogP contribution in [0.2, 0.25) is 0 Å². The topological polar surface area (TPSA) is 41.6 Å². The Balaban J connectivity index is 1.44. The molecule has 0 radical (unpaired) electrons. The number of amides is 1. The van der Waals surface area contributed by atoms with Gasteiger partial charge in [-0.15, -0.1) is 0 Å². The Morgan fingerprint density at radius 2 is 2.20 bits per heavy atom. The van der Waals surface area contributed by atoms with Crippen molar-refractivity contribution < 1.29 is 9.53 Å². The third-order valence-corrected chi connectivity index (χ3v) is 4.89. The van der Waals surface area contributed by atoms with Crippen LogP contribution in [0.3, 0.4) is 0 Å². The average Bonchev–Trinajstić information content (AvgIpc) is 3.11. The summed E-state index contributed by atoms with van der Waals surface area (Å²) in [7, 11) is 0. The number of fused-ring (bicyclic) bond motifs is 2. The van der Waals surface area contributed by atoms with Crippen molar-refractivity contribution in [3.63, 3.8) is 0 Å². The van der Waals surface area contributed by atoms with Crippen LogP contribution < -0.4 is 10.1 Å². The first-order valence-electron chi connectivity index (χ1n) is 7.58. The Labute approximate surface area is 119 Å². The van der Waals surface area contributed by atoms with Crippen LogP contribution in [0.4, 0.5) is 0 Å². The van der Waals surface area contributed by atoms with Gasteiger partial charge in [0.2, 0.25) is 0 Å². The molecule has 4 heteroatoms. The maximum Gasteiger partial charge on any atom is 0.264 e. The molecule has 2 fully saturated rings. The van der Waals surface area contributed by atoms with Crippen molar-refractivity contribution >= 4 is 5.91 Å². The summed E-state index contributed by atoms with van der Waals surface area (Å²) in [5.74, 6) is 1.69. The minimum Gasteiger partial charge on any atom is -0.480 e. The highest BCUT2D eigenvalue weighted by atomic mass is 16.5. The number of carbonyl (C=O) groups excluding carboxylic acids is 1. The van der Waals surface area contributed by atoms with Crippen molar-refractivity contribution in [2.45, 2.75) is 31.4 Å². The number of likely N-dealkylation sites (tertiary alicyclic amines) is 1. The van der Waals surface area contributed by atoms with Crippen LogP contribution in [0.15, 0.2) is 24.3 Å². The smallest absolute Gasteiger partial charge is 0.264 e. The maximum absolute atomic E-state index is 12.6. The average molecular weight is 272 g/mol. The molecule has 4 nitrogen and oxygen atoms in total. The molecule has 0 saturated carbocycles. The fourth-order valence-electron chi connectivity index (χ4n) is 3.77. The third kappa shape index (κ3) is 1.99. The fraction of sp³-hybridized carbons (Fsp3) is 0.562. The number of piperidine rings is 1. The summed E-state index contributed by atoms with van der Waals surface area (Å²) < 4.78 is 5.83. The first-order chi connectivity index (χ1) is 9.81. The van der Waals surface area contributed by atoms with Gasteiger partial charge in [0, 0.05) is 25.6 Å². The molecule has 0 aliphatic carbocycles. The molecular formula is C16H20N2O2. The van der Waals surface area contributed by atoms with Crippen molar-refractivity contribution in [2.75, 3.05) is 19.6 Å². The summed E-state index contributed by atoms with van der Waals surface area (Å²) >= 11 is 0. The van der Waals surface area contributed by atoms with Gasteiger partial charge in [0.15, 0.2) is 6.10 Å². The van der Waals surface area contributed by atoms with Crippen LogP contribution >= 0.6 is 0 Å². The van der Waals surface area contributed by atoms with Crippen LogP contribution in [0.25, 0.3) is 0 Å². The molecule has 3 unspecified atom stereocenters. The highest BCUT2D eigenvalue weighted by Crippen LogP contribution is 2.31. The molecule has 0 spiro atoms. The summed E-state index contributed by atoms with van der Waals surface area (Å²) in [6, 6.07) is 8.60. The Morgan fingerprint density at radius 3 is 3.10 bits per heavy atom. The molecular weight excluding hydrogens is 252 g/mol. The largest absolute Gasteiger partial charge is 0.480 e. The number of nitrogens with zero attached hydrogens (tertiary/aromatic N) is 1. The summed E-state index contributed by atoms with van der Waals surface area (Å²) in [6.07, 6.45) is 2.69. The normalized spacial score (nSPS) is 31.6. The van der Waals surface area contributed by atoms with Gasteiger partial charge in [-0.3, -0.25) is 4.79 Å². The zero-order chi connectivity index (χ0) is 13.5. The molecule has 3 heterocycles. The number of para-hydroxylation sites is 1. The summed E-state index contributed by atoms with van der Waals surface area (Å²) in [5.41, 5.74) is 1.16. The van der Waals surface area contributed by atoms with E-state index in [1.807, 2.05) is 23.1 Å². The van der Waals surface area contributed by atoms with E-state index in [-0.39, 0.29) is 12.0 Å². The molecule has 4 rings (SSSR count). The molecule has 1 aromatic carbocycles. The number of ether oxygens (including phenoxy) is 1. The van der Waals surface area contributed by atoms with Gasteiger partial charge in [-0.1, -0.05) is 18.2 Å². The molecule has 0 bridgehead atoms. The third-order valence-electron chi connectivity index (χ3n) is 4.89. The van der Waals surface area contributed by atoms with Crippen LogP contribution in [-0.2, 0) is 11.2 Å². The highest BCUT2D eigenvalue weighted by Gasteiger charge is 2.38. The molecule has 3 atom stereocenters. The quantitative estimate of drug-likeness (QED) is 0.835. The summed E-state index contributed by atoms with van der Waals surface area (Å²) in [5, 5.41) is 3.53. The molecule has 3 aliphatic rings. The van der Waals surface area contributed by atoms with Gasteiger partial charge in [-0.25, -0.2) is 0 Å². The lowest BCUT2D eigenvalue weighted by Crippen LogP contribution is -2.50. The Hall–Kier alpha value is -1.55. The highest BCUT2D eigenvalue weighted by molar-refractivity contribution is 5.82. The van der Waals surface area contributed by atoms with Crippen LogP contribution in [0, 0.1) is 5.92 Å². The van der Waals surface area contributed by atoms with Crippen LogP contribution in [0.5, 0.6) is 5.75 Å². The van der Waals surface area contributed by atoms with E-state index < -0.39 is 0 Å². The van der Waals surface area contributed by atoms with E-state index in [0.29, 0.717) is 12.0 Å². The zero-order valence-corrected chi connectivity index (χ0v) is 11.5. The second-order valence-corrected chi connectivity index (χ2v) is 6.10. The van der Waals surface area contributed by atoms with Gasteiger partial charge in [0.1, 0.15) is 5.75 Å². The van der Waals surface area contributed by atoms with Crippen molar-refractivity contribution in [3.05, 3.63) is 29.8 Å². The molecule has 0 aromatic heterocycles. The van der Waals surface area contributed by atoms with Gasteiger partial charge in [0.05, 0.1) is 0 Å². The minimum absolute atomic E-state index is 0.173. The maximum atomic E-state index is 12.6. The van der Waals surface area contributed by atoms with Gasteiger partial charge >= 0.3 is 0 Å². The predicted molar refractivity (Wildman–Crippen MR) is 75.7 cm³/mol. The second kappa shape index (κ2) is 4.77. The molecule has 1 N–H and O–H groups in total. The van der Waals surface area contributed by atoms with E-state index in [4.69, 9.17) is 4.74 Å². The van der Waals surface area contributed by atoms with Gasteiger partial charge in [-0.2, -0.15) is 0 Å². The fourth-order valence-corrected chi connectivity index (χ4v) is 3.77. The second-order valence-electron chi connectivity index (χ2n) is 6.10. The molecule has 20 heavy (non-hydrogen) atoms. The summed E-state index contributed by atoms with van der Waals surface area (Å²) in [6.45, 7) is 2.86. The summed E-state index contributed by atoms with van der Waals surface area (Å²) in [4.78, 5) is 14.7. The van der Waals surface area contributed by atoms with Gasteiger partial charge in [-0.05, 0) is 36.9 Å². The van der Waals surface area contributed by atoms with Crippen LogP contribution in [0.1, 0.15) is 18.4 Å². The van der Waals surface area contributed by atoms with Gasteiger partial charge in [0.25, 0.3) is 5.91 Å². The van der Waals surface area contributed by atoms with E-state index >= 15 is 0 Å². The van der Waals surface area contributed by atoms with E-state index in [1.54, 1.807) is 0 Å². The lowest BCUT2D eigenvalue weighted by Gasteiger charge is -2.35. The van der Waals surface area contributed by atoms with E-state index in [9.17, 15) is 4.79 Å². The molecule has 106 valence electrons. The van der Waals surface area contributed by atoms with E-state index in [1.165, 1.54) is 6.42 Å². The Bertz CT molecular complexity index is 506. The van der Waals surface area contributed by atoms with E-state index in [0.717, 1.165) is 43.8 Å².